The number of halogens is 2. The molecule has 0 spiro atoms. The predicted molar refractivity (Wildman–Crippen MR) is 74.7 cm³/mol. The van der Waals surface area contributed by atoms with Crippen LogP contribution in [0.5, 0.6) is 5.75 Å². The van der Waals surface area contributed by atoms with Crippen LogP contribution in [0.4, 0.5) is 10.1 Å². The van der Waals surface area contributed by atoms with Crippen molar-refractivity contribution in [3.05, 3.63) is 58.8 Å². The van der Waals surface area contributed by atoms with Crippen LogP contribution in [0.25, 0.3) is 0 Å². The van der Waals surface area contributed by atoms with Crippen molar-refractivity contribution in [1.82, 2.24) is 0 Å². The third-order valence-corrected chi connectivity index (χ3v) is 2.82. The third-order valence-electron chi connectivity index (χ3n) is 2.29. The highest BCUT2D eigenvalue weighted by Crippen LogP contribution is 2.16. The lowest BCUT2D eigenvalue weighted by Gasteiger charge is -2.07. The average molecular weight is 324 g/mol. The summed E-state index contributed by atoms with van der Waals surface area (Å²) in [5.74, 6) is -0.141. The average Bonchev–Trinajstić information content (AvgIpc) is 2.38. The first kappa shape index (κ1) is 13.5. The van der Waals surface area contributed by atoms with E-state index in [2.05, 4.69) is 21.2 Å². The first-order chi connectivity index (χ1) is 9.13. The fourth-order valence-corrected chi connectivity index (χ4v) is 1.71. The van der Waals surface area contributed by atoms with Gasteiger partial charge < -0.3 is 10.1 Å². The van der Waals surface area contributed by atoms with E-state index < -0.39 is 5.82 Å². The Hall–Kier alpha value is -1.88. The van der Waals surface area contributed by atoms with Gasteiger partial charge in [-0.15, -0.1) is 0 Å². The van der Waals surface area contributed by atoms with E-state index in [4.69, 9.17) is 4.74 Å². The topological polar surface area (TPSA) is 38.3 Å². The number of benzene rings is 2. The van der Waals surface area contributed by atoms with Gasteiger partial charge in [0.05, 0.1) is 0 Å². The van der Waals surface area contributed by atoms with Crippen LogP contribution >= 0.6 is 15.9 Å². The highest BCUT2D eigenvalue weighted by atomic mass is 79.9. The van der Waals surface area contributed by atoms with Crippen molar-refractivity contribution in [3.63, 3.8) is 0 Å². The first-order valence-corrected chi connectivity index (χ1v) is 6.36. The molecule has 19 heavy (non-hydrogen) atoms. The van der Waals surface area contributed by atoms with Gasteiger partial charge in [-0.2, -0.15) is 0 Å². The van der Waals surface area contributed by atoms with Gasteiger partial charge in [-0.25, -0.2) is 4.39 Å². The molecule has 0 bridgehead atoms. The minimum Gasteiger partial charge on any atom is -0.484 e. The summed E-state index contributed by atoms with van der Waals surface area (Å²) in [6.45, 7) is -0.127. The van der Waals surface area contributed by atoms with Crippen molar-refractivity contribution in [3.8, 4) is 5.75 Å². The molecule has 0 saturated heterocycles. The molecule has 0 atom stereocenters. The SMILES string of the molecule is O=C(COc1ccc(Br)cc1)Nc1cccc(F)c1. The predicted octanol–water partition coefficient (Wildman–Crippen LogP) is 3.61. The first-order valence-electron chi connectivity index (χ1n) is 5.57. The van der Waals surface area contributed by atoms with Gasteiger partial charge >= 0.3 is 0 Å². The quantitative estimate of drug-likeness (QED) is 0.933. The zero-order chi connectivity index (χ0) is 13.7. The van der Waals surface area contributed by atoms with E-state index in [-0.39, 0.29) is 12.5 Å². The van der Waals surface area contributed by atoms with E-state index in [0.717, 1.165) is 4.47 Å². The van der Waals surface area contributed by atoms with Gasteiger partial charge in [-0.05, 0) is 42.5 Å². The Balaban J connectivity index is 1.86. The molecule has 1 amide bonds. The number of ether oxygens (including phenoxy) is 1. The third kappa shape index (κ3) is 4.37. The molecule has 0 fully saturated rings. The second kappa shape index (κ2) is 6.33. The van der Waals surface area contributed by atoms with Gasteiger partial charge in [0, 0.05) is 10.2 Å². The molecule has 1 N–H and O–H groups in total. The molecule has 2 rings (SSSR count). The summed E-state index contributed by atoms with van der Waals surface area (Å²) in [5, 5.41) is 2.55. The number of carbonyl (C=O) groups is 1. The van der Waals surface area contributed by atoms with Crippen molar-refractivity contribution in [2.24, 2.45) is 0 Å². The normalized spacial score (nSPS) is 10.0. The number of hydrogen-bond donors (Lipinski definition) is 1. The Morgan fingerprint density at radius 2 is 1.95 bits per heavy atom. The maximum atomic E-state index is 12.9. The van der Waals surface area contributed by atoms with Crippen molar-refractivity contribution in [2.75, 3.05) is 11.9 Å². The molecule has 3 nitrogen and oxygen atoms in total. The summed E-state index contributed by atoms with van der Waals surface area (Å²) in [4.78, 5) is 11.6. The Bertz CT molecular complexity index is 572. The molecule has 0 saturated carbocycles. The summed E-state index contributed by atoms with van der Waals surface area (Å²) in [7, 11) is 0. The van der Waals surface area contributed by atoms with E-state index >= 15 is 0 Å². The minimum absolute atomic E-state index is 0.127. The van der Waals surface area contributed by atoms with Crippen LogP contribution in [0.3, 0.4) is 0 Å². The number of carbonyl (C=O) groups excluding carboxylic acids is 1. The number of rotatable bonds is 4. The van der Waals surface area contributed by atoms with Crippen molar-refractivity contribution < 1.29 is 13.9 Å². The Morgan fingerprint density at radius 3 is 2.63 bits per heavy atom. The van der Waals surface area contributed by atoms with Gasteiger partial charge in [0.1, 0.15) is 11.6 Å². The van der Waals surface area contributed by atoms with E-state index in [1.54, 1.807) is 18.2 Å². The number of hydrogen-bond acceptors (Lipinski definition) is 2. The van der Waals surface area contributed by atoms with Crippen molar-refractivity contribution in [1.29, 1.82) is 0 Å². The second-order valence-electron chi connectivity index (χ2n) is 3.80. The molecule has 0 radical (unpaired) electrons. The van der Waals surface area contributed by atoms with E-state index in [9.17, 15) is 9.18 Å². The zero-order valence-corrected chi connectivity index (χ0v) is 11.5. The van der Waals surface area contributed by atoms with Gasteiger partial charge in [-0.3, -0.25) is 4.79 Å². The molecule has 0 unspecified atom stereocenters. The van der Waals surface area contributed by atoms with Gasteiger partial charge in [0.15, 0.2) is 6.61 Å². The molecule has 98 valence electrons. The highest BCUT2D eigenvalue weighted by Gasteiger charge is 2.04. The summed E-state index contributed by atoms with van der Waals surface area (Å²) in [5.41, 5.74) is 0.407. The molecule has 0 aliphatic heterocycles. The van der Waals surface area contributed by atoms with Crippen molar-refractivity contribution in [2.45, 2.75) is 0 Å². The minimum atomic E-state index is -0.397. The lowest BCUT2D eigenvalue weighted by Crippen LogP contribution is -2.20. The molecule has 0 aliphatic carbocycles. The highest BCUT2D eigenvalue weighted by molar-refractivity contribution is 9.10. The lowest BCUT2D eigenvalue weighted by atomic mass is 10.3. The standard InChI is InChI=1S/C14H11BrFNO2/c15-10-4-6-13(7-5-10)19-9-14(18)17-12-3-1-2-11(16)8-12/h1-8H,9H2,(H,17,18). The van der Waals surface area contributed by atoms with Crippen LogP contribution in [-0.2, 0) is 4.79 Å². The maximum Gasteiger partial charge on any atom is 0.262 e. The van der Waals surface area contributed by atoms with Crippen molar-refractivity contribution >= 4 is 27.5 Å². The summed E-state index contributed by atoms with van der Waals surface area (Å²) < 4.78 is 19.2. The molecule has 2 aromatic rings. The Morgan fingerprint density at radius 1 is 1.21 bits per heavy atom. The second-order valence-corrected chi connectivity index (χ2v) is 4.72. The summed E-state index contributed by atoms with van der Waals surface area (Å²) in [6, 6.07) is 12.8. The molecule has 0 aromatic heterocycles. The lowest BCUT2D eigenvalue weighted by molar-refractivity contribution is -0.118. The number of amides is 1. The fraction of sp³-hybridized carbons (Fsp3) is 0.0714. The van der Waals surface area contributed by atoms with E-state index in [0.29, 0.717) is 11.4 Å². The fourth-order valence-electron chi connectivity index (χ4n) is 1.44. The van der Waals surface area contributed by atoms with Crippen LogP contribution < -0.4 is 10.1 Å². The molecular weight excluding hydrogens is 313 g/mol. The summed E-state index contributed by atoms with van der Waals surface area (Å²) >= 11 is 3.31. The van der Waals surface area contributed by atoms with Crippen LogP contribution in [0, 0.1) is 5.82 Å². The molecule has 0 aliphatic rings. The van der Waals surface area contributed by atoms with Crippen LogP contribution in [0.1, 0.15) is 0 Å². The summed E-state index contributed by atoms with van der Waals surface area (Å²) in [6.07, 6.45) is 0. The van der Waals surface area contributed by atoms with Gasteiger partial charge in [-0.1, -0.05) is 22.0 Å². The molecule has 0 heterocycles. The number of anilines is 1. The Labute approximate surface area is 118 Å². The molecule has 2 aromatic carbocycles. The van der Waals surface area contributed by atoms with Crippen LogP contribution in [-0.4, -0.2) is 12.5 Å². The monoisotopic (exact) mass is 323 g/mol. The van der Waals surface area contributed by atoms with E-state index in [1.807, 2.05) is 12.1 Å². The molecule has 5 heteroatoms. The van der Waals surface area contributed by atoms with Crippen LogP contribution in [0.2, 0.25) is 0 Å². The smallest absolute Gasteiger partial charge is 0.262 e. The van der Waals surface area contributed by atoms with Crippen LogP contribution in [0.15, 0.2) is 53.0 Å². The largest absolute Gasteiger partial charge is 0.484 e. The maximum absolute atomic E-state index is 12.9. The van der Waals surface area contributed by atoms with Gasteiger partial charge in [0.25, 0.3) is 5.91 Å². The van der Waals surface area contributed by atoms with Gasteiger partial charge in [0.2, 0.25) is 0 Å². The number of nitrogens with one attached hydrogen (secondary N) is 1. The zero-order valence-electron chi connectivity index (χ0n) is 9.90. The molecular formula is C14H11BrFNO2. The van der Waals surface area contributed by atoms with E-state index in [1.165, 1.54) is 18.2 Å². The Kier molecular flexibility index (Phi) is 4.52.